The maximum atomic E-state index is 11.2. The third-order valence-electron chi connectivity index (χ3n) is 4.69. The second kappa shape index (κ2) is 8.29. The molecule has 1 fully saturated rings. The molecule has 0 atom stereocenters. The van der Waals surface area contributed by atoms with Crippen LogP contribution in [-0.4, -0.2) is 47.3 Å². The molecule has 1 aromatic heterocycles. The molecular weight excluding hydrogens is 334 g/mol. The Bertz CT molecular complexity index is 753. The number of ether oxygens (including phenoxy) is 1. The van der Waals surface area contributed by atoms with Gasteiger partial charge in [-0.15, -0.1) is 0 Å². The normalized spacial score (nSPS) is 15.9. The molecule has 1 saturated heterocycles. The van der Waals surface area contributed by atoms with Crippen LogP contribution in [0.2, 0.25) is 0 Å². The van der Waals surface area contributed by atoms with E-state index in [9.17, 15) is 4.79 Å². The predicted octanol–water partition coefficient (Wildman–Crippen LogP) is 1.72. The summed E-state index contributed by atoms with van der Waals surface area (Å²) in [7, 11) is 0. The third-order valence-corrected chi connectivity index (χ3v) is 4.69. The molecule has 3 rings (SSSR count). The number of hydrogen-bond acceptors (Lipinski definition) is 7. The van der Waals surface area contributed by atoms with Gasteiger partial charge in [0.15, 0.2) is 5.82 Å². The van der Waals surface area contributed by atoms with E-state index in [1.165, 1.54) is 0 Å². The number of amides is 1. The lowest BCUT2D eigenvalue weighted by atomic mass is 9.89. The maximum Gasteiger partial charge on any atom is 0.409 e. The van der Waals surface area contributed by atoms with Crippen LogP contribution in [0.4, 0.5) is 4.79 Å². The van der Waals surface area contributed by atoms with Gasteiger partial charge in [-0.25, -0.2) is 4.79 Å². The van der Waals surface area contributed by atoms with E-state index in [2.05, 4.69) is 15.0 Å². The summed E-state index contributed by atoms with van der Waals surface area (Å²) < 4.78 is 10.3. The summed E-state index contributed by atoms with van der Waals surface area (Å²) in [6.07, 6.45) is 2.37. The van der Waals surface area contributed by atoms with Crippen LogP contribution in [0.5, 0.6) is 5.75 Å². The first-order valence-electron chi connectivity index (χ1n) is 8.88. The topological polar surface area (TPSA) is 121 Å². The van der Waals surface area contributed by atoms with Gasteiger partial charge in [0.1, 0.15) is 5.75 Å². The molecule has 1 aromatic carbocycles. The molecule has 0 aliphatic carbocycles. The number of aromatic nitrogens is 2. The standard InChI is InChI=1S/C18H25N5O3/c1-12-21-17(26-22-12)15-11-14(2-3-16(15)25-18(20)24)10-13-4-7-23(8-5-13)9-6-19/h2-3,11,13H,4-10,19H2,1H3,(H2,20,24). The summed E-state index contributed by atoms with van der Waals surface area (Å²) in [6.45, 7) is 5.58. The van der Waals surface area contributed by atoms with Gasteiger partial charge in [-0.1, -0.05) is 11.2 Å². The van der Waals surface area contributed by atoms with Gasteiger partial charge < -0.3 is 25.6 Å². The smallest absolute Gasteiger partial charge is 0.409 e. The van der Waals surface area contributed by atoms with Crippen molar-refractivity contribution in [2.75, 3.05) is 26.2 Å². The number of likely N-dealkylation sites (tertiary alicyclic amines) is 1. The molecule has 2 aromatic rings. The number of carbonyl (C=O) groups excluding carboxylic acids is 1. The van der Waals surface area contributed by atoms with Gasteiger partial charge in [-0.2, -0.15) is 4.98 Å². The first kappa shape index (κ1) is 18.3. The van der Waals surface area contributed by atoms with Gasteiger partial charge in [0.05, 0.1) is 5.56 Å². The molecule has 1 aliphatic rings. The van der Waals surface area contributed by atoms with Gasteiger partial charge in [-0.05, 0) is 62.9 Å². The average Bonchev–Trinajstić information content (AvgIpc) is 3.04. The minimum absolute atomic E-state index is 0.318. The van der Waals surface area contributed by atoms with Crippen LogP contribution in [0, 0.1) is 12.8 Å². The van der Waals surface area contributed by atoms with Crippen molar-refractivity contribution < 1.29 is 14.1 Å². The second-order valence-corrected chi connectivity index (χ2v) is 6.68. The molecular formula is C18H25N5O3. The molecule has 26 heavy (non-hydrogen) atoms. The number of aryl methyl sites for hydroxylation is 1. The fourth-order valence-corrected chi connectivity index (χ4v) is 3.41. The van der Waals surface area contributed by atoms with Crippen LogP contribution in [0.1, 0.15) is 24.2 Å². The molecule has 0 radical (unpaired) electrons. The van der Waals surface area contributed by atoms with Crippen molar-refractivity contribution in [3.63, 3.8) is 0 Å². The van der Waals surface area contributed by atoms with E-state index in [4.69, 9.17) is 20.7 Å². The fraction of sp³-hybridized carbons (Fsp3) is 0.500. The summed E-state index contributed by atoms with van der Waals surface area (Å²) in [5.74, 6) is 1.77. The molecule has 2 heterocycles. The zero-order chi connectivity index (χ0) is 18.5. The quantitative estimate of drug-likeness (QED) is 0.805. The Morgan fingerprint density at radius 3 is 2.77 bits per heavy atom. The van der Waals surface area contributed by atoms with Crippen molar-refractivity contribution in [1.82, 2.24) is 15.0 Å². The lowest BCUT2D eigenvalue weighted by molar-refractivity contribution is 0.188. The molecule has 1 aliphatic heterocycles. The molecule has 0 spiro atoms. The Balaban J connectivity index is 1.75. The Hall–Kier alpha value is -2.45. The lowest BCUT2D eigenvalue weighted by Crippen LogP contribution is -2.37. The van der Waals surface area contributed by atoms with Gasteiger partial charge >= 0.3 is 6.09 Å². The Labute approximate surface area is 152 Å². The number of benzene rings is 1. The van der Waals surface area contributed by atoms with Crippen LogP contribution in [-0.2, 0) is 6.42 Å². The monoisotopic (exact) mass is 359 g/mol. The van der Waals surface area contributed by atoms with Crippen molar-refractivity contribution in [2.24, 2.45) is 17.4 Å². The van der Waals surface area contributed by atoms with E-state index in [-0.39, 0.29) is 0 Å². The molecule has 0 unspecified atom stereocenters. The number of piperidine rings is 1. The number of nitrogens with zero attached hydrogens (tertiary/aromatic N) is 3. The van der Waals surface area contributed by atoms with Crippen molar-refractivity contribution in [3.8, 4) is 17.2 Å². The molecule has 8 heteroatoms. The number of hydrogen-bond donors (Lipinski definition) is 2. The van der Waals surface area contributed by atoms with E-state index in [1.807, 2.05) is 12.1 Å². The number of rotatable bonds is 6. The highest BCUT2D eigenvalue weighted by atomic mass is 16.5. The van der Waals surface area contributed by atoms with E-state index in [1.54, 1.807) is 13.0 Å². The van der Waals surface area contributed by atoms with E-state index in [0.29, 0.717) is 35.5 Å². The highest BCUT2D eigenvalue weighted by Gasteiger charge is 2.21. The van der Waals surface area contributed by atoms with Crippen LogP contribution in [0.15, 0.2) is 22.7 Å². The fourth-order valence-electron chi connectivity index (χ4n) is 3.41. The summed E-state index contributed by atoms with van der Waals surface area (Å²) in [5, 5.41) is 3.81. The minimum atomic E-state index is -0.873. The number of primary amides is 1. The molecule has 0 saturated carbocycles. The Morgan fingerprint density at radius 1 is 1.38 bits per heavy atom. The van der Waals surface area contributed by atoms with Gasteiger partial charge in [0.2, 0.25) is 0 Å². The molecule has 1 amide bonds. The average molecular weight is 359 g/mol. The first-order valence-corrected chi connectivity index (χ1v) is 8.88. The molecule has 0 bridgehead atoms. The first-order chi connectivity index (χ1) is 12.5. The highest BCUT2D eigenvalue weighted by molar-refractivity contribution is 5.73. The lowest BCUT2D eigenvalue weighted by Gasteiger charge is -2.31. The maximum absolute atomic E-state index is 11.2. The van der Waals surface area contributed by atoms with E-state index < -0.39 is 6.09 Å². The summed E-state index contributed by atoms with van der Waals surface area (Å²) in [5.41, 5.74) is 12.5. The Kier molecular flexibility index (Phi) is 5.85. The predicted molar refractivity (Wildman–Crippen MR) is 96.6 cm³/mol. The highest BCUT2D eigenvalue weighted by Crippen LogP contribution is 2.32. The zero-order valence-electron chi connectivity index (χ0n) is 15.0. The van der Waals surface area contributed by atoms with Crippen LogP contribution < -0.4 is 16.2 Å². The largest absolute Gasteiger partial charge is 0.410 e. The zero-order valence-corrected chi connectivity index (χ0v) is 15.0. The van der Waals surface area contributed by atoms with E-state index in [0.717, 1.165) is 44.5 Å². The molecule has 140 valence electrons. The summed E-state index contributed by atoms with van der Waals surface area (Å²) >= 11 is 0. The van der Waals surface area contributed by atoms with Gasteiger partial charge in [0.25, 0.3) is 5.89 Å². The third kappa shape index (κ3) is 4.59. The van der Waals surface area contributed by atoms with E-state index >= 15 is 0 Å². The van der Waals surface area contributed by atoms with Crippen molar-refractivity contribution >= 4 is 6.09 Å². The van der Waals surface area contributed by atoms with Crippen LogP contribution in [0.3, 0.4) is 0 Å². The van der Waals surface area contributed by atoms with Gasteiger partial charge in [-0.3, -0.25) is 0 Å². The minimum Gasteiger partial charge on any atom is -0.410 e. The summed E-state index contributed by atoms with van der Waals surface area (Å²) in [4.78, 5) is 17.8. The Morgan fingerprint density at radius 2 is 2.15 bits per heavy atom. The number of nitrogens with two attached hydrogens (primary N) is 2. The van der Waals surface area contributed by atoms with Crippen molar-refractivity contribution in [3.05, 3.63) is 29.6 Å². The number of carbonyl (C=O) groups is 1. The van der Waals surface area contributed by atoms with Crippen molar-refractivity contribution in [1.29, 1.82) is 0 Å². The molecule has 4 N–H and O–H groups in total. The van der Waals surface area contributed by atoms with Crippen LogP contribution in [0.25, 0.3) is 11.5 Å². The van der Waals surface area contributed by atoms with Crippen LogP contribution >= 0.6 is 0 Å². The molecule has 8 nitrogen and oxygen atoms in total. The van der Waals surface area contributed by atoms with Crippen molar-refractivity contribution in [2.45, 2.75) is 26.2 Å². The van der Waals surface area contributed by atoms with Gasteiger partial charge in [0, 0.05) is 13.1 Å². The summed E-state index contributed by atoms with van der Waals surface area (Å²) in [6, 6.07) is 5.63. The SMILES string of the molecule is Cc1noc(-c2cc(CC3CCN(CCN)CC3)ccc2OC(N)=O)n1. The second-order valence-electron chi connectivity index (χ2n) is 6.68.